The molecule has 0 spiro atoms. The fraction of sp³-hybridized carbons (Fsp3) is 0.429. The standard InChI is InChI=1S/C8H5Cl.C6H12/c1-2-7-4-3-5-8(9)6-7;1-2-6-4-3-5-6/h1,3-6H;6H,2-5H2,1H3. The molecule has 0 N–H and O–H groups in total. The van der Waals surface area contributed by atoms with Gasteiger partial charge in [0.25, 0.3) is 0 Å². The molecule has 0 aromatic heterocycles. The fourth-order valence-electron chi connectivity index (χ4n) is 1.48. The normalized spacial score (nSPS) is 14.5. The van der Waals surface area contributed by atoms with E-state index < -0.39 is 0 Å². The molecule has 0 aliphatic heterocycles. The van der Waals surface area contributed by atoms with Crippen molar-refractivity contribution in [3.8, 4) is 12.3 Å². The van der Waals surface area contributed by atoms with Gasteiger partial charge in [-0.25, -0.2) is 0 Å². The van der Waals surface area contributed by atoms with E-state index in [0.717, 1.165) is 11.5 Å². The van der Waals surface area contributed by atoms with Crippen molar-refractivity contribution in [3.05, 3.63) is 34.9 Å². The van der Waals surface area contributed by atoms with Crippen molar-refractivity contribution in [1.82, 2.24) is 0 Å². The minimum absolute atomic E-state index is 0.686. The van der Waals surface area contributed by atoms with Crippen LogP contribution < -0.4 is 0 Å². The molecule has 0 bridgehead atoms. The van der Waals surface area contributed by atoms with Gasteiger partial charge in [0.1, 0.15) is 0 Å². The molecule has 1 aromatic carbocycles. The van der Waals surface area contributed by atoms with Crippen LogP contribution in [-0.4, -0.2) is 0 Å². The molecule has 15 heavy (non-hydrogen) atoms. The summed E-state index contributed by atoms with van der Waals surface area (Å²) in [5.41, 5.74) is 0.822. The van der Waals surface area contributed by atoms with Crippen molar-refractivity contribution in [2.24, 2.45) is 5.92 Å². The second-order valence-electron chi connectivity index (χ2n) is 3.86. The average molecular weight is 221 g/mol. The van der Waals surface area contributed by atoms with Gasteiger partial charge in [0.05, 0.1) is 0 Å². The van der Waals surface area contributed by atoms with Crippen LogP contribution in [0.4, 0.5) is 0 Å². The smallest absolute Gasteiger partial charge is 0.0418 e. The first-order chi connectivity index (χ1) is 7.26. The van der Waals surface area contributed by atoms with Crippen LogP contribution in [0, 0.1) is 18.3 Å². The fourth-order valence-corrected chi connectivity index (χ4v) is 1.67. The predicted octanol–water partition coefficient (Wildman–Crippen LogP) is 4.52. The number of terminal acetylenes is 1. The third kappa shape index (κ3) is 4.40. The SMILES string of the molecule is C#Cc1cccc(Cl)c1.CCC1CCC1. The van der Waals surface area contributed by atoms with Gasteiger partial charge >= 0.3 is 0 Å². The van der Waals surface area contributed by atoms with Gasteiger partial charge in [-0.1, -0.05) is 56.2 Å². The Morgan fingerprint density at radius 1 is 1.47 bits per heavy atom. The Bertz CT molecular complexity index is 329. The van der Waals surface area contributed by atoms with E-state index in [9.17, 15) is 0 Å². The van der Waals surface area contributed by atoms with E-state index in [-0.39, 0.29) is 0 Å². The molecule has 0 saturated heterocycles. The summed E-state index contributed by atoms with van der Waals surface area (Å²) in [6.07, 6.45) is 11.0. The maximum Gasteiger partial charge on any atom is 0.0418 e. The number of hydrogen-bond acceptors (Lipinski definition) is 0. The largest absolute Gasteiger partial charge is 0.115 e. The summed E-state index contributed by atoms with van der Waals surface area (Å²) < 4.78 is 0. The van der Waals surface area contributed by atoms with Crippen molar-refractivity contribution >= 4 is 11.6 Å². The van der Waals surface area contributed by atoms with E-state index in [0.29, 0.717) is 5.02 Å². The third-order valence-corrected chi connectivity index (χ3v) is 3.03. The summed E-state index contributed by atoms with van der Waals surface area (Å²) in [6.45, 7) is 2.28. The Balaban J connectivity index is 0.000000162. The molecular weight excluding hydrogens is 204 g/mol. The highest BCUT2D eigenvalue weighted by atomic mass is 35.5. The lowest BCUT2D eigenvalue weighted by Gasteiger charge is -2.22. The first kappa shape index (κ1) is 12.1. The molecule has 0 atom stereocenters. The third-order valence-electron chi connectivity index (χ3n) is 2.79. The van der Waals surface area contributed by atoms with E-state index in [4.69, 9.17) is 18.0 Å². The minimum Gasteiger partial charge on any atom is -0.115 e. The molecule has 1 aliphatic rings. The summed E-state index contributed by atoms with van der Waals surface area (Å²) >= 11 is 5.63. The molecule has 1 aromatic rings. The second kappa shape index (κ2) is 6.53. The predicted molar refractivity (Wildman–Crippen MR) is 67.0 cm³/mol. The highest BCUT2D eigenvalue weighted by molar-refractivity contribution is 6.30. The monoisotopic (exact) mass is 220 g/mol. The molecule has 1 fully saturated rings. The lowest BCUT2D eigenvalue weighted by atomic mass is 9.84. The number of halogens is 1. The maximum atomic E-state index is 5.63. The van der Waals surface area contributed by atoms with E-state index in [1.54, 1.807) is 12.1 Å². The summed E-state index contributed by atoms with van der Waals surface area (Å²) in [5, 5.41) is 0.686. The van der Waals surface area contributed by atoms with Gasteiger partial charge in [-0.05, 0) is 24.1 Å². The topological polar surface area (TPSA) is 0 Å². The van der Waals surface area contributed by atoms with Crippen LogP contribution in [0.25, 0.3) is 0 Å². The maximum absolute atomic E-state index is 5.63. The zero-order valence-electron chi connectivity index (χ0n) is 9.17. The summed E-state index contributed by atoms with van der Waals surface area (Å²) in [4.78, 5) is 0. The first-order valence-corrected chi connectivity index (χ1v) is 5.86. The highest BCUT2D eigenvalue weighted by Gasteiger charge is 2.13. The summed E-state index contributed by atoms with van der Waals surface area (Å²) in [6, 6.07) is 7.22. The summed E-state index contributed by atoms with van der Waals surface area (Å²) in [7, 11) is 0. The second-order valence-corrected chi connectivity index (χ2v) is 4.30. The van der Waals surface area contributed by atoms with Gasteiger partial charge in [-0.3, -0.25) is 0 Å². The van der Waals surface area contributed by atoms with Gasteiger partial charge in [0, 0.05) is 10.6 Å². The quantitative estimate of drug-likeness (QED) is 0.611. The zero-order valence-corrected chi connectivity index (χ0v) is 9.93. The number of hydrogen-bond donors (Lipinski definition) is 0. The molecule has 1 heteroatoms. The van der Waals surface area contributed by atoms with Crippen LogP contribution >= 0.6 is 11.6 Å². The molecule has 80 valence electrons. The van der Waals surface area contributed by atoms with Crippen LogP contribution in [0.15, 0.2) is 24.3 Å². The number of rotatable bonds is 1. The molecule has 1 aliphatic carbocycles. The van der Waals surface area contributed by atoms with Gasteiger partial charge in [0.15, 0.2) is 0 Å². The van der Waals surface area contributed by atoms with Crippen LogP contribution in [0.5, 0.6) is 0 Å². The van der Waals surface area contributed by atoms with E-state index in [1.165, 1.54) is 25.7 Å². The van der Waals surface area contributed by atoms with Crippen molar-refractivity contribution in [2.45, 2.75) is 32.6 Å². The van der Waals surface area contributed by atoms with Crippen LogP contribution in [-0.2, 0) is 0 Å². The van der Waals surface area contributed by atoms with E-state index in [2.05, 4.69) is 12.8 Å². The molecule has 0 nitrogen and oxygen atoms in total. The zero-order chi connectivity index (χ0) is 11.1. The Morgan fingerprint density at radius 3 is 2.47 bits per heavy atom. The Hall–Kier alpha value is -0.930. The molecule has 0 unspecified atom stereocenters. The average Bonchev–Trinajstić information content (AvgIpc) is 2.17. The van der Waals surface area contributed by atoms with Gasteiger partial charge < -0.3 is 0 Å². The highest BCUT2D eigenvalue weighted by Crippen LogP contribution is 2.28. The van der Waals surface area contributed by atoms with Gasteiger partial charge in [-0.15, -0.1) is 6.42 Å². The summed E-state index contributed by atoms with van der Waals surface area (Å²) in [5.74, 6) is 3.60. The molecule has 0 amide bonds. The molecule has 0 radical (unpaired) electrons. The Labute approximate surface area is 97.7 Å². The first-order valence-electron chi connectivity index (χ1n) is 5.48. The van der Waals surface area contributed by atoms with Crippen molar-refractivity contribution in [1.29, 1.82) is 0 Å². The Morgan fingerprint density at radius 2 is 2.20 bits per heavy atom. The van der Waals surface area contributed by atoms with Crippen LogP contribution in [0.1, 0.15) is 38.2 Å². The van der Waals surface area contributed by atoms with Crippen molar-refractivity contribution in [3.63, 3.8) is 0 Å². The molecule has 2 rings (SSSR count). The van der Waals surface area contributed by atoms with Crippen LogP contribution in [0.2, 0.25) is 5.02 Å². The van der Waals surface area contributed by atoms with Gasteiger partial charge in [0.2, 0.25) is 0 Å². The van der Waals surface area contributed by atoms with Crippen molar-refractivity contribution in [2.75, 3.05) is 0 Å². The molecular formula is C14H17Cl. The van der Waals surface area contributed by atoms with Crippen molar-refractivity contribution < 1.29 is 0 Å². The minimum atomic E-state index is 0.686. The van der Waals surface area contributed by atoms with E-state index in [1.807, 2.05) is 12.1 Å². The van der Waals surface area contributed by atoms with Gasteiger partial charge in [-0.2, -0.15) is 0 Å². The lowest BCUT2D eigenvalue weighted by Crippen LogP contribution is -2.08. The lowest BCUT2D eigenvalue weighted by molar-refractivity contribution is 0.307. The van der Waals surface area contributed by atoms with Crippen LogP contribution in [0.3, 0.4) is 0 Å². The molecule has 1 saturated carbocycles. The molecule has 0 heterocycles. The Kier molecular flexibility index (Phi) is 5.29. The van der Waals surface area contributed by atoms with E-state index >= 15 is 0 Å². The number of benzene rings is 1.